The fraction of sp³-hybridized carbons (Fsp3) is 0.381. The molecule has 162 valence electrons. The van der Waals surface area contributed by atoms with Crippen LogP contribution in [-0.4, -0.2) is 73.7 Å². The summed E-state index contributed by atoms with van der Waals surface area (Å²) in [6.45, 7) is 5.41. The van der Waals surface area contributed by atoms with Crippen LogP contribution in [0.15, 0.2) is 36.8 Å². The van der Waals surface area contributed by atoms with Gasteiger partial charge in [0.2, 0.25) is 11.8 Å². The van der Waals surface area contributed by atoms with E-state index in [4.69, 9.17) is 8.85 Å². The molecule has 1 fully saturated rings. The number of ether oxygens (including phenoxy) is 1. The van der Waals surface area contributed by atoms with Crippen molar-refractivity contribution in [1.29, 1.82) is 0 Å². The van der Waals surface area contributed by atoms with Gasteiger partial charge in [-0.05, 0) is 26.0 Å². The van der Waals surface area contributed by atoms with Gasteiger partial charge in [0.05, 0.1) is 34.7 Å². The average molecular weight is 426 g/mol. The SMILES string of the molecule is [2H]C([2H])([2H])Oc1cc(-c2ccc(-c3cnc(N4CCNC(C(C)(C)O)C4)nn3)c(O)c2)ncn1. The van der Waals surface area contributed by atoms with Gasteiger partial charge in [0.1, 0.15) is 17.8 Å². The normalized spacial score (nSPS) is 18.7. The lowest BCUT2D eigenvalue weighted by Gasteiger charge is -2.39. The first-order chi connectivity index (χ1) is 16.0. The highest BCUT2D eigenvalue weighted by molar-refractivity contribution is 5.72. The van der Waals surface area contributed by atoms with Crippen molar-refractivity contribution in [3.8, 4) is 34.1 Å². The highest BCUT2D eigenvalue weighted by Crippen LogP contribution is 2.32. The maximum Gasteiger partial charge on any atom is 0.245 e. The molecule has 4 rings (SSSR count). The standard InChI is InChI=1S/C21H25N7O3/c1-21(2,30)18-11-28(7-6-22-18)20-23-10-16(26-27-20)14-5-4-13(8-17(14)29)15-9-19(31-3)25-12-24-15/h4-5,8-10,12,18,22,29-30H,6-7,11H2,1-3H3/i3D3. The molecule has 3 aromatic rings. The minimum absolute atomic E-state index is 0.0671. The summed E-state index contributed by atoms with van der Waals surface area (Å²) in [5, 5.41) is 32.6. The molecule has 1 aliphatic heterocycles. The molecule has 31 heavy (non-hydrogen) atoms. The fourth-order valence-corrected chi connectivity index (χ4v) is 3.40. The van der Waals surface area contributed by atoms with Crippen molar-refractivity contribution in [1.82, 2.24) is 30.5 Å². The van der Waals surface area contributed by atoms with E-state index in [0.29, 0.717) is 48.1 Å². The van der Waals surface area contributed by atoms with Crippen LogP contribution in [0.25, 0.3) is 22.5 Å². The number of nitrogens with one attached hydrogen (secondary N) is 1. The van der Waals surface area contributed by atoms with Gasteiger partial charge < -0.3 is 25.2 Å². The first-order valence-corrected chi connectivity index (χ1v) is 9.75. The Morgan fingerprint density at radius 2 is 2.06 bits per heavy atom. The summed E-state index contributed by atoms with van der Waals surface area (Å²) in [6.07, 6.45) is 2.72. The molecule has 0 bridgehead atoms. The van der Waals surface area contributed by atoms with Crippen molar-refractivity contribution in [3.63, 3.8) is 0 Å². The lowest BCUT2D eigenvalue weighted by molar-refractivity contribution is 0.0362. The van der Waals surface area contributed by atoms with Crippen LogP contribution >= 0.6 is 0 Å². The number of aliphatic hydroxyl groups is 1. The Balaban J connectivity index is 1.52. The van der Waals surface area contributed by atoms with E-state index in [9.17, 15) is 10.2 Å². The summed E-state index contributed by atoms with van der Waals surface area (Å²) in [5.41, 5.74) is 0.850. The van der Waals surface area contributed by atoms with E-state index < -0.39 is 12.6 Å². The Kier molecular flexibility index (Phi) is 4.70. The number of hydrogen-bond acceptors (Lipinski definition) is 10. The molecule has 1 saturated heterocycles. The van der Waals surface area contributed by atoms with Crippen molar-refractivity contribution in [3.05, 3.63) is 36.8 Å². The molecule has 1 aliphatic rings. The van der Waals surface area contributed by atoms with Gasteiger partial charge in [0.15, 0.2) is 0 Å². The molecule has 0 spiro atoms. The molecule has 2 aromatic heterocycles. The second kappa shape index (κ2) is 8.40. The number of rotatable bonds is 5. The van der Waals surface area contributed by atoms with Crippen LogP contribution in [-0.2, 0) is 0 Å². The topological polar surface area (TPSA) is 129 Å². The van der Waals surface area contributed by atoms with E-state index >= 15 is 0 Å². The van der Waals surface area contributed by atoms with E-state index in [1.807, 2.05) is 4.90 Å². The van der Waals surface area contributed by atoms with Gasteiger partial charge in [0.25, 0.3) is 0 Å². The molecular weight excluding hydrogens is 398 g/mol. The summed E-state index contributed by atoms with van der Waals surface area (Å²) >= 11 is 0. The van der Waals surface area contributed by atoms with Crippen LogP contribution in [0.4, 0.5) is 5.95 Å². The third kappa shape index (κ3) is 4.54. The molecule has 0 radical (unpaired) electrons. The van der Waals surface area contributed by atoms with Crippen molar-refractivity contribution in [2.75, 3.05) is 31.6 Å². The number of aromatic nitrogens is 5. The first kappa shape index (κ1) is 17.3. The zero-order valence-corrected chi connectivity index (χ0v) is 17.1. The quantitative estimate of drug-likeness (QED) is 0.548. The number of benzene rings is 1. The second-order valence-electron chi connectivity index (χ2n) is 7.83. The smallest absolute Gasteiger partial charge is 0.245 e. The van der Waals surface area contributed by atoms with Gasteiger partial charge in [-0.15, -0.1) is 10.2 Å². The predicted octanol–water partition coefficient (Wildman–Crippen LogP) is 1.26. The molecule has 3 heterocycles. The van der Waals surface area contributed by atoms with Gasteiger partial charge in [-0.3, -0.25) is 0 Å². The maximum absolute atomic E-state index is 10.6. The summed E-state index contributed by atoms with van der Waals surface area (Å²) in [5.74, 6) is 0.278. The Bertz CT molecular complexity index is 1150. The Labute approximate surface area is 184 Å². The van der Waals surface area contributed by atoms with Crippen LogP contribution in [0.1, 0.15) is 18.0 Å². The average Bonchev–Trinajstić information content (AvgIpc) is 2.78. The van der Waals surface area contributed by atoms with Crippen LogP contribution < -0.4 is 15.0 Å². The molecule has 10 heteroatoms. The van der Waals surface area contributed by atoms with E-state index in [2.05, 4.69) is 30.5 Å². The van der Waals surface area contributed by atoms with Crippen LogP contribution in [0.2, 0.25) is 0 Å². The zero-order valence-electron chi connectivity index (χ0n) is 20.1. The van der Waals surface area contributed by atoms with Gasteiger partial charge in [-0.2, -0.15) is 0 Å². The Hall–Kier alpha value is -3.37. The monoisotopic (exact) mass is 426 g/mol. The third-order valence-electron chi connectivity index (χ3n) is 5.18. The van der Waals surface area contributed by atoms with E-state index in [1.165, 1.54) is 24.7 Å². The van der Waals surface area contributed by atoms with Gasteiger partial charge in [0, 0.05) is 36.8 Å². The molecule has 0 aliphatic carbocycles. The van der Waals surface area contributed by atoms with Crippen molar-refractivity contribution >= 4 is 5.95 Å². The number of phenols is 1. The number of piperazine rings is 1. The second-order valence-corrected chi connectivity index (χ2v) is 7.83. The lowest BCUT2D eigenvalue weighted by atomic mass is 9.97. The maximum atomic E-state index is 10.6. The minimum atomic E-state index is -2.63. The number of methoxy groups -OCH3 is 1. The zero-order chi connectivity index (χ0) is 24.5. The van der Waals surface area contributed by atoms with Gasteiger partial charge in [-0.1, -0.05) is 6.07 Å². The summed E-state index contributed by atoms with van der Waals surface area (Å²) in [7, 11) is -2.63. The molecule has 0 saturated carbocycles. The molecule has 10 nitrogen and oxygen atoms in total. The lowest BCUT2D eigenvalue weighted by Crippen LogP contribution is -2.59. The molecular formula is C21H25N7O3. The van der Waals surface area contributed by atoms with E-state index in [1.54, 1.807) is 26.0 Å². The third-order valence-corrected chi connectivity index (χ3v) is 5.18. The predicted molar refractivity (Wildman–Crippen MR) is 115 cm³/mol. The number of phenolic OH excluding ortho intramolecular Hbond substituents is 1. The minimum Gasteiger partial charge on any atom is -0.507 e. The van der Waals surface area contributed by atoms with E-state index in [-0.39, 0.29) is 17.7 Å². The van der Waals surface area contributed by atoms with E-state index in [0.717, 1.165) is 0 Å². The molecule has 0 amide bonds. The number of nitrogens with zero attached hydrogens (tertiary/aromatic N) is 6. The summed E-state index contributed by atoms with van der Waals surface area (Å²) < 4.78 is 26.4. The molecule has 1 unspecified atom stereocenters. The highest BCUT2D eigenvalue weighted by Gasteiger charge is 2.32. The largest absolute Gasteiger partial charge is 0.507 e. The fourth-order valence-electron chi connectivity index (χ4n) is 3.40. The van der Waals surface area contributed by atoms with Crippen LogP contribution in [0.3, 0.4) is 0 Å². The Morgan fingerprint density at radius 3 is 2.77 bits per heavy atom. The Morgan fingerprint density at radius 1 is 1.19 bits per heavy atom. The number of anilines is 1. The number of aromatic hydroxyl groups is 1. The van der Waals surface area contributed by atoms with Gasteiger partial charge in [-0.25, -0.2) is 15.0 Å². The first-order valence-electron chi connectivity index (χ1n) is 11.2. The van der Waals surface area contributed by atoms with Gasteiger partial charge >= 0.3 is 0 Å². The summed E-state index contributed by atoms with van der Waals surface area (Å²) in [6, 6.07) is 6.09. The van der Waals surface area contributed by atoms with Crippen LogP contribution in [0.5, 0.6) is 11.6 Å². The van der Waals surface area contributed by atoms with Crippen molar-refractivity contribution in [2.45, 2.75) is 25.5 Å². The van der Waals surface area contributed by atoms with Crippen molar-refractivity contribution < 1.29 is 19.1 Å². The van der Waals surface area contributed by atoms with Crippen molar-refractivity contribution in [2.24, 2.45) is 0 Å². The molecule has 1 aromatic carbocycles. The highest BCUT2D eigenvalue weighted by atomic mass is 16.5. The summed E-state index contributed by atoms with van der Waals surface area (Å²) in [4.78, 5) is 14.3. The molecule has 1 atom stereocenters. The van der Waals surface area contributed by atoms with Crippen LogP contribution in [0, 0.1) is 0 Å². The molecule has 3 N–H and O–H groups in total. The number of hydrogen-bond donors (Lipinski definition) is 3.